The van der Waals surface area contributed by atoms with Gasteiger partial charge in [-0.2, -0.15) is 0 Å². The van der Waals surface area contributed by atoms with E-state index in [2.05, 4.69) is 38.6 Å². The number of nitrogens with zero attached hydrogens (tertiary/aromatic N) is 2. The van der Waals surface area contributed by atoms with Gasteiger partial charge < -0.3 is 10.6 Å². The maximum absolute atomic E-state index is 6.16. The molecule has 3 aliphatic rings. The standard InChI is InChI=1S/C20H27N3/c1-13-20(22-18(21)23(13)4)17-11-15(8-7-14-5-6-14)9-10-16(17)12-19(20,2)3/h9-11,14H,1,5-8,12H2,2-4H3,(H2,21,22). The number of guanidine groups is 1. The third-order valence-electron chi connectivity index (χ3n) is 6.16. The summed E-state index contributed by atoms with van der Waals surface area (Å²) in [5.41, 5.74) is 10.9. The Morgan fingerprint density at radius 1 is 1.35 bits per heavy atom. The number of hydrogen-bond donors (Lipinski definition) is 1. The van der Waals surface area contributed by atoms with Gasteiger partial charge in [0.1, 0.15) is 5.54 Å². The molecule has 1 unspecified atom stereocenters. The second-order valence-electron chi connectivity index (χ2n) is 8.22. The molecule has 0 saturated heterocycles. The largest absolute Gasteiger partial charge is 0.369 e. The molecule has 1 saturated carbocycles. The van der Waals surface area contributed by atoms with Gasteiger partial charge in [-0.1, -0.05) is 51.5 Å². The second-order valence-corrected chi connectivity index (χ2v) is 8.22. The smallest absolute Gasteiger partial charge is 0.196 e. The molecule has 4 rings (SSSR count). The van der Waals surface area contributed by atoms with Crippen molar-refractivity contribution in [3.8, 4) is 0 Å². The zero-order valence-corrected chi connectivity index (χ0v) is 14.5. The Labute approximate surface area is 139 Å². The van der Waals surface area contributed by atoms with Crippen LogP contribution in [0.15, 0.2) is 35.5 Å². The average molecular weight is 309 g/mol. The van der Waals surface area contributed by atoms with Gasteiger partial charge in [-0.15, -0.1) is 0 Å². The van der Waals surface area contributed by atoms with E-state index in [-0.39, 0.29) is 5.41 Å². The van der Waals surface area contributed by atoms with Crippen LogP contribution in [0.1, 0.15) is 49.8 Å². The zero-order valence-electron chi connectivity index (χ0n) is 14.5. The summed E-state index contributed by atoms with van der Waals surface area (Å²) < 4.78 is 0. The highest BCUT2D eigenvalue weighted by atomic mass is 15.3. The SMILES string of the molecule is C=C1N(C)C(N)=NC12c1cc(CCC3CC3)ccc1CC2(C)C. The summed E-state index contributed by atoms with van der Waals surface area (Å²) in [5, 5.41) is 0. The number of aliphatic imine (C=N–C) groups is 1. The second kappa shape index (κ2) is 4.62. The lowest BCUT2D eigenvalue weighted by atomic mass is 9.71. The molecule has 1 aliphatic heterocycles. The Hall–Kier alpha value is -1.77. The normalized spacial score (nSPS) is 28.4. The van der Waals surface area contributed by atoms with Crippen LogP contribution in [-0.2, 0) is 18.4 Å². The fraction of sp³-hybridized carbons (Fsp3) is 0.550. The first kappa shape index (κ1) is 14.8. The number of rotatable bonds is 3. The van der Waals surface area contributed by atoms with Gasteiger partial charge in [-0.05, 0) is 41.9 Å². The Kier molecular flexibility index (Phi) is 2.97. The van der Waals surface area contributed by atoms with Gasteiger partial charge in [0.2, 0.25) is 0 Å². The van der Waals surface area contributed by atoms with Crippen molar-refractivity contribution in [1.29, 1.82) is 0 Å². The maximum Gasteiger partial charge on any atom is 0.196 e. The van der Waals surface area contributed by atoms with Gasteiger partial charge in [0, 0.05) is 18.2 Å². The molecule has 0 aromatic heterocycles. The van der Waals surface area contributed by atoms with E-state index >= 15 is 0 Å². The summed E-state index contributed by atoms with van der Waals surface area (Å²) in [5.74, 6) is 1.55. The monoisotopic (exact) mass is 309 g/mol. The predicted octanol–water partition coefficient (Wildman–Crippen LogP) is 3.58. The van der Waals surface area contributed by atoms with Gasteiger partial charge in [0.05, 0.1) is 0 Å². The van der Waals surface area contributed by atoms with Crippen LogP contribution in [0.5, 0.6) is 0 Å². The zero-order chi connectivity index (χ0) is 16.4. The Bertz CT molecular complexity index is 712. The van der Waals surface area contributed by atoms with E-state index in [1.54, 1.807) is 0 Å². The van der Waals surface area contributed by atoms with Crippen molar-refractivity contribution in [2.75, 3.05) is 7.05 Å². The summed E-state index contributed by atoms with van der Waals surface area (Å²) in [4.78, 5) is 6.90. The summed E-state index contributed by atoms with van der Waals surface area (Å²) in [7, 11) is 1.97. The van der Waals surface area contributed by atoms with E-state index in [0.29, 0.717) is 5.96 Å². The third kappa shape index (κ3) is 1.98. The van der Waals surface area contributed by atoms with Crippen LogP contribution in [0.4, 0.5) is 0 Å². The minimum Gasteiger partial charge on any atom is -0.369 e. The first-order valence-electron chi connectivity index (χ1n) is 8.76. The number of nitrogens with two attached hydrogens (primary N) is 1. The number of likely N-dealkylation sites (N-methyl/N-ethyl adjacent to an activating group) is 1. The van der Waals surface area contributed by atoms with Crippen molar-refractivity contribution in [2.45, 2.75) is 51.5 Å². The van der Waals surface area contributed by atoms with E-state index in [9.17, 15) is 0 Å². The molecule has 3 nitrogen and oxygen atoms in total. The van der Waals surface area contributed by atoms with Gasteiger partial charge in [0.25, 0.3) is 0 Å². The maximum atomic E-state index is 6.16. The van der Waals surface area contributed by atoms with Crippen molar-refractivity contribution in [3.05, 3.63) is 47.2 Å². The molecule has 122 valence electrons. The Morgan fingerprint density at radius 3 is 2.70 bits per heavy atom. The molecule has 0 amide bonds. The van der Waals surface area contributed by atoms with E-state index in [1.807, 2.05) is 11.9 Å². The van der Waals surface area contributed by atoms with Crippen LogP contribution in [0.3, 0.4) is 0 Å². The number of benzene rings is 1. The fourth-order valence-electron chi connectivity index (χ4n) is 4.47. The van der Waals surface area contributed by atoms with Crippen molar-refractivity contribution < 1.29 is 0 Å². The molecule has 1 aromatic rings. The summed E-state index contributed by atoms with van der Waals surface area (Å²) >= 11 is 0. The molecule has 1 spiro atoms. The highest BCUT2D eigenvalue weighted by molar-refractivity contribution is 5.85. The van der Waals surface area contributed by atoms with Crippen LogP contribution in [-0.4, -0.2) is 17.9 Å². The first-order chi connectivity index (χ1) is 10.8. The van der Waals surface area contributed by atoms with E-state index < -0.39 is 5.54 Å². The van der Waals surface area contributed by atoms with Gasteiger partial charge in [-0.25, -0.2) is 4.99 Å². The fourth-order valence-corrected chi connectivity index (χ4v) is 4.47. The molecule has 1 aromatic carbocycles. The first-order valence-corrected chi connectivity index (χ1v) is 8.76. The highest BCUT2D eigenvalue weighted by Crippen LogP contribution is 2.58. The van der Waals surface area contributed by atoms with Crippen LogP contribution >= 0.6 is 0 Å². The van der Waals surface area contributed by atoms with Gasteiger partial charge in [-0.3, -0.25) is 0 Å². The Morgan fingerprint density at radius 2 is 2.09 bits per heavy atom. The van der Waals surface area contributed by atoms with E-state index in [0.717, 1.165) is 18.0 Å². The summed E-state index contributed by atoms with van der Waals surface area (Å²) in [6, 6.07) is 7.00. The quantitative estimate of drug-likeness (QED) is 0.927. The van der Waals surface area contributed by atoms with Crippen molar-refractivity contribution in [1.82, 2.24) is 4.90 Å². The molecule has 3 heteroatoms. The molecule has 0 radical (unpaired) electrons. The molecular weight excluding hydrogens is 282 g/mol. The molecule has 1 fully saturated rings. The van der Waals surface area contributed by atoms with Crippen molar-refractivity contribution >= 4 is 5.96 Å². The lowest BCUT2D eigenvalue weighted by molar-refractivity contribution is 0.223. The van der Waals surface area contributed by atoms with Crippen LogP contribution in [0, 0.1) is 11.3 Å². The van der Waals surface area contributed by atoms with E-state index in [1.165, 1.54) is 42.4 Å². The number of hydrogen-bond acceptors (Lipinski definition) is 3. The topological polar surface area (TPSA) is 41.6 Å². The molecule has 2 aliphatic carbocycles. The number of aryl methyl sites for hydroxylation is 1. The van der Waals surface area contributed by atoms with Gasteiger partial charge >= 0.3 is 0 Å². The third-order valence-corrected chi connectivity index (χ3v) is 6.16. The molecule has 1 atom stereocenters. The molecule has 1 heterocycles. The van der Waals surface area contributed by atoms with Crippen molar-refractivity contribution in [3.63, 3.8) is 0 Å². The lowest BCUT2D eigenvalue weighted by Gasteiger charge is -2.37. The van der Waals surface area contributed by atoms with Crippen LogP contribution < -0.4 is 5.73 Å². The average Bonchev–Trinajstić information content (AvgIpc) is 3.26. The molecular formula is C20H27N3. The molecule has 2 N–H and O–H groups in total. The molecule has 23 heavy (non-hydrogen) atoms. The summed E-state index contributed by atoms with van der Waals surface area (Å²) in [6.45, 7) is 8.94. The highest BCUT2D eigenvalue weighted by Gasteiger charge is 2.58. The minimum atomic E-state index is -0.392. The van der Waals surface area contributed by atoms with Gasteiger partial charge in [0.15, 0.2) is 5.96 Å². The summed E-state index contributed by atoms with van der Waals surface area (Å²) in [6.07, 6.45) is 6.36. The number of fused-ring (bicyclic) bond motifs is 2. The lowest BCUT2D eigenvalue weighted by Crippen LogP contribution is -2.39. The van der Waals surface area contributed by atoms with Crippen LogP contribution in [0.25, 0.3) is 0 Å². The predicted molar refractivity (Wildman–Crippen MR) is 95.2 cm³/mol. The molecule has 0 bridgehead atoms. The Balaban J connectivity index is 1.78. The van der Waals surface area contributed by atoms with E-state index in [4.69, 9.17) is 10.7 Å². The van der Waals surface area contributed by atoms with Crippen molar-refractivity contribution in [2.24, 2.45) is 22.1 Å². The minimum absolute atomic E-state index is 0.00306. The van der Waals surface area contributed by atoms with Crippen LogP contribution in [0.2, 0.25) is 0 Å².